The van der Waals surface area contributed by atoms with Crippen molar-refractivity contribution in [2.24, 2.45) is 5.92 Å². The third-order valence-electron chi connectivity index (χ3n) is 3.59. The van der Waals surface area contributed by atoms with E-state index in [1.165, 1.54) is 6.07 Å². The number of halogens is 1. The standard InChI is InChI=1S/C14H21ClN2O2S/c1-3-4-10-7-14(10)17-20(18,19)12-6-5-11(9-16-2)13(15)8-12/h5-6,8,10,14,16-17H,3-4,7,9H2,1-2H3. The summed E-state index contributed by atoms with van der Waals surface area (Å²) in [6.07, 6.45) is 3.11. The third-order valence-corrected chi connectivity index (χ3v) is 5.43. The molecule has 1 aliphatic rings. The molecule has 1 saturated carbocycles. The molecule has 6 heteroatoms. The first-order valence-electron chi connectivity index (χ1n) is 6.93. The van der Waals surface area contributed by atoms with Crippen molar-refractivity contribution in [2.75, 3.05) is 7.05 Å². The van der Waals surface area contributed by atoms with Crippen LogP contribution in [0.25, 0.3) is 0 Å². The molecule has 4 nitrogen and oxygen atoms in total. The highest BCUT2D eigenvalue weighted by Gasteiger charge is 2.39. The molecule has 20 heavy (non-hydrogen) atoms. The van der Waals surface area contributed by atoms with Crippen LogP contribution in [0.15, 0.2) is 23.1 Å². The number of nitrogens with one attached hydrogen (secondary N) is 2. The van der Waals surface area contributed by atoms with Gasteiger partial charge in [-0.3, -0.25) is 0 Å². The van der Waals surface area contributed by atoms with Crippen molar-refractivity contribution >= 4 is 21.6 Å². The smallest absolute Gasteiger partial charge is 0.240 e. The van der Waals surface area contributed by atoms with Crippen LogP contribution in [0.2, 0.25) is 5.02 Å². The van der Waals surface area contributed by atoms with Crippen LogP contribution < -0.4 is 10.0 Å². The van der Waals surface area contributed by atoms with Crippen molar-refractivity contribution in [3.63, 3.8) is 0 Å². The van der Waals surface area contributed by atoms with Crippen LogP contribution in [0.5, 0.6) is 0 Å². The third kappa shape index (κ3) is 3.73. The summed E-state index contributed by atoms with van der Waals surface area (Å²) in [6.45, 7) is 2.73. The predicted octanol–water partition coefficient (Wildman–Crippen LogP) is 2.53. The summed E-state index contributed by atoms with van der Waals surface area (Å²) in [5.41, 5.74) is 0.892. The first-order valence-corrected chi connectivity index (χ1v) is 8.79. The van der Waals surface area contributed by atoms with Gasteiger partial charge in [0.1, 0.15) is 0 Å². The van der Waals surface area contributed by atoms with E-state index in [1.807, 2.05) is 7.05 Å². The lowest BCUT2D eigenvalue weighted by atomic mass is 10.2. The van der Waals surface area contributed by atoms with E-state index >= 15 is 0 Å². The summed E-state index contributed by atoms with van der Waals surface area (Å²) in [5.74, 6) is 0.494. The Kier molecular flexibility index (Phi) is 5.07. The summed E-state index contributed by atoms with van der Waals surface area (Å²) in [6, 6.07) is 4.98. The van der Waals surface area contributed by atoms with Gasteiger partial charge >= 0.3 is 0 Å². The summed E-state index contributed by atoms with van der Waals surface area (Å²) in [4.78, 5) is 0.240. The van der Waals surface area contributed by atoms with E-state index in [0.29, 0.717) is 17.5 Å². The van der Waals surface area contributed by atoms with Gasteiger partial charge in [0.2, 0.25) is 10.0 Å². The van der Waals surface area contributed by atoms with Crippen molar-refractivity contribution in [1.29, 1.82) is 0 Å². The van der Waals surface area contributed by atoms with Gasteiger partial charge in [0.05, 0.1) is 4.90 Å². The van der Waals surface area contributed by atoms with Crippen LogP contribution in [0.3, 0.4) is 0 Å². The van der Waals surface area contributed by atoms with Gasteiger partial charge in [0.15, 0.2) is 0 Å². The van der Waals surface area contributed by atoms with Gasteiger partial charge in [0, 0.05) is 17.6 Å². The maximum atomic E-state index is 12.3. The zero-order valence-electron chi connectivity index (χ0n) is 11.8. The molecule has 0 bridgehead atoms. The molecule has 2 atom stereocenters. The van der Waals surface area contributed by atoms with Gasteiger partial charge in [-0.25, -0.2) is 13.1 Å². The molecule has 2 unspecified atom stereocenters. The van der Waals surface area contributed by atoms with Gasteiger partial charge in [-0.05, 0) is 43.5 Å². The molecular formula is C14H21ClN2O2S. The van der Waals surface area contributed by atoms with E-state index in [2.05, 4.69) is 17.0 Å². The number of hydrogen-bond donors (Lipinski definition) is 2. The Morgan fingerprint density at radius 1 is 1.40 bits per heavy atom. The van der Waals surface area contributed by atoms with Crippen LogP contribution in [0.1, 0.15) is 31.7 Å². The van der Waals surface area contributed by atoms with Gasteiger partial charge < -0.3 is 5.32 Å². The molecule has 0 amide bonds. The van der Waals surface area contributed by atoms with E-state index in [4.69, 9.17) is 11.6 Å². The van der Waals surface area contributed by atoms with Crippen LogP contribution in [0.4, 0.5) is 0 Å². The lowest BCUT2D eigenvalue weighted by Gasteiger charge is -2.09. The fourth-order valence-electron chi connectivity index (χ4n) is 2.38. The van der Waals surface area contributed by atoms with Crippen LogP contribution in [0, 0.1) is 5.92 Å². The first-order chi connectivity index (χ1) is 9.47. The number of rotatable bonds is 7. The summed E-state index contributed by atoms with van der Waals surface area (Å²) >= 11 is 6.11. The molecule has 0 aromatic heterocycles. The molecule has 1 aliphatic carbocycles. The SMILES string of the molecule is CCCC1CC1NS(=O)(=O)c1ccc(CNC)c(Cl)c1. The molecule has 2 rings (SSSR count). The van der Waals surface area contributed by atoms with Crippen molar-refractivity contribution in [3.8, 4) is 0 Å². The average molecular weight is 317 g/mol. The molecule has 0 radical (unpaired) electrons. The van der Waals surface area contributed by atoms with Crippen LogP contribution in [-0.4, -0.2) is 21.5 Å². The van der Waals surface area contributed by atoms with E-state index < -0.39 is 10.0 Å². The molecule has 1 aromatic rings. The van der Waals surface area contributed by atoms with Crippen molar-refractivity contribution in [3.05, 3.63) is 28.8 Å². The van der Waals surface area contributed by atoms with Crippen molar-refractivity contribution < 1.29 is 8.42 Å². The summed E-state index contributed by atoms with van der Waals surface area (Å²) < 4.78 is 27.3. The quantitative estimate of drug-likeness (QED) is 0.812. The largest absolute Gasteiger partial charge is 0.316 e. The van der Waals surface area contributed by atoms with E-state index in [0.717, 1.165) is 24.8 Å². The second-order valence-electron chi connectivity index (χ2n) is 5.30. The Balaban J connectivity index is 2.08. The maximum absolute atomic E-state index is 12.3. The van der Waals surface area contributed by atoms with E-state index in [1.54, 1.807) is 12.1 Å². The Morgan fingerprint density at radius 3 is 2.75 bits per heavy atom. The summed E-state index contributed by atoms with van der Waals surface area (Å²) in [7, 11) is -1.63. The van der Waals surface area contributed by atoms with E-state index in [9.17, 15) is 8.42 Å². The number of hydrogen-bond acceptors (Lipinski definition) is 3. The second kappa shape index (κ2) is 6.43. The minimum Gasteiger partial charge on any atom is -0.316 e. The van der Waals surface area contributed by atoms with Crippen molar-refractivity contribution in [1.82, 2.24) is 10.0 Å². The fourth-order valence-corrected chi connectivity index (χ4v) is 4.03. The molecule has 1 fully saturated rings. The average Bonchev–Trinajstić information content (AvgIpc) is 3.09. The molecule has 112 valence electrons. The molecule has 0 saturated heterocycles. The predicted molar refractivity (Wildman–Crippen MR) is 81.3 cm³/mol. The lowest BCUT2D eigenvalue weighted by molar-refractivity contribution is 0.573. The van der Waals surface area contributed by atoms with Gasteiger partial charge in [-0.1, -0.05) is 31.0 Å². The van der Waals surface area contributed by atoms with Gasteiger partial charge in [-0.15, -0.1) is 0 Å². The second-order valence-corrected chi connectivity index (χ2v) is 7.42. The number of benzene rings is 1. The van der Waals surface area contributed by atoms with Gasteiger partial charge in [0.25, 0.3) is 0 Å². The fraction of sp³-hybridized carbons (Fsp3) is 0.571. The summed E-state index contributed by atoms with van der Waals surface area (Å²) in [5, 5.41) is 3.47. The first kappa shape index (κ1) is 15.8. The monoisotopic (exact) mass is 316 g/mol. The Morgan fingerprint density at radius 2 is 2.15 bits per heavy atom. The normalized spacial score (nSPS) is 21.9. The Labute approximate surface area is 126 Å². The van der Waals surface area contributed by atoms with Crippen molar-refractivity contribution in [2.45, 2.75) is 43.7 Å². The molecule has 2 N–H and O–H groups in total. The highest BCUT2D eigenvalue weighted by atomic mass is 35.5. The topological polar surface area (TPSA) is 58.2 Å². The molecule has 0 spiro atoms. The Bertz CT molecular complexity index is 575. The Hall–Kier alpha value is -0.620. The zero-order chi connectivity index (χ0) is 14.8. The molecule has 0 heterocycles. The molecule has 1 aromatic carbocycles. The van der Waals surface area contributed by atoms with E-state index in [-0.39, 0.29) is 10.9 Å². The van der Waals surface area contributed by atoms with Crippen LogP contribution in [-0.2, 0) is 16.6 Å². The van der Waals surface area contributed by atoms with Gasteiger partial charge in [-0.2, -0.15) is 0 Å². The lowest BCUT2D eigenvalue weighted by Crippen LogP contribution is -2.27. The minimum absolute atomic E-state index is 0.0933. The highest BCUT2D eigenvalue weighted by molar-refractivity contribution is 7.89. The minimum atomic E-state index is -3.46. The highest BCUT2D eigenvalue weighted by Crippen LogP contribution is 2.35. The van der Waals surface area contributed by atoms with Crippen LogP contribution >= 0.6 is 11.6 Å². The maximum Gasteiger partial charge on any atom is 0.240 e. The zero-order valence-corrected chi connectivity index (χ0v) is 13.4. The molecular weight excluding hydrogens is 296 g/mol. The molecule has 0 aliphatic heterocycles. The number of sulfonamides is 1.